The van der Waals surface area contributed by atoms with Gasteiger partial charge >= 0.3 is 12.3 Å². The molecule has 17 heteroatoms. The molecule has 0 aliphatic carbocycles. The van der Waals surface area contributed by atoms with Crippen molar-refractivity contribution in [1.29, 1.82) is 0 Å². The molecule has 3 heterocycles. The van der Waals surface area contributed by atoms with E-state index in [0.717, 1.165) is 18.9 Å². The standard InChI is InChI=1S/C30H32ClF4N5O5S2/c1-45-29(42)39-26(25(17-7-9-18(31)10-8-17)24-16-46-28(38-24)30(33,34)35)27(41)37-23-6-2-5-22(32)21(23)12-11-20-14-36-19-4-3-13-47(43,44)40(20)15-19/h2,5-10,16,19-20,25-26,36H,3-4,11-15H2,1H3,(H,37,41)(H,39,42)/t19-,20?,25+,26+/m1/s1. The van der Waals surface area contributed by atoms with Crippen LogP contribution in [0.2, 0.25) is 5.02 Å². The van der Waals surface area contributed by atoms with Crippen molar-refractivity contribution in [2.24, 2.45) is 0 Å². The average Bonchev–Trinajstić information content (AvgIpc) is 3.48. The molecule has 0 saturated carbocycles. The van der Waals surface area contributed by atoms with Gasteiger partial charge in [-0.3, -0.25) is 4.79 Å². The van der Waals surface area contributed by atoms with Crippen LogP contribution in [0.15, 0.2) is 47.8 Å². The van der Waals surface area contributed by atoms with Gasteiger partial charge in [-0.05, 0) is 55.5 Å². The predicted octanol–water partition coefficient (Wildman–Crippen LogP) is 5.15. The summed E-state index contributed by atoms with van der Waals surface area (Å²) in [7, 11) is -2.43. The van der Waals surface area contributed by atoms with Crippen LogP contribution < -0.4 is 16.0 Å². The van der Waals surface area contributed by atoms with E-state index in [1.165, 1.54) is 46.8 Å². The summed E-state index contributed by atoms with van der Waals surface area (Å²) < 4.78 is 88.0. The topological polar surface area (TPSA) is 130 Å². The maximum absolute atomic E-state index is 15.3. The van der Waals surface area contributed by atoms with Crippen molar-refractivity contribution < 1.29 is 40.3 Å². The van der Waals surface area contributed by atoms with Crippen LogP contribution in [0.4, 0.5) is 28.0 Å². The van der Waals surface area contributed by atoms with Gasteiger partial charge in [-0.1, -0.05) is 29.8 Å². The van der Waals surface area contributed by atoms with Crippen LogP contribution in [0.3, 0.4) is 0 Å². The van der Waals surface area contributed by atoms with E-state index in [4.69, 9.17) is 16.3 Å². The van der Waals surface area contributed by atoms with E-state index >= 15 is 4.39 Å². The third kappa shape index (κ3) is 8.23. The lowest BCUT2D eigenvalue weighted by Crippen LogP contribution is -2.57. The van der Waals surface area contributed by atoms with Gasteiger partial charge in [-0.15, -0.1) is 11.3 Å². The van der Waals surface area contributed by atoms with E-state index in [-0.39, 0.29) is 41.6 Å². The molecule has 254 valence electrons. The molecule has 2 aliphatic heterocycles. The second-order valence-corrected chi connectivity index (χ2v) is 14.6. The van der Waals surface area contributed by atoms with Crippen LogP contribution in [-0.2, 0) is 32.2 Å². The van der Waals surface area contributed by atoms with Gasteiger partial charge in [-0.25, -0.2) is 22.6 Å². The molecular weight excluding hydrogens is 686 g/mol. The van der Waals surface area contributed by atoms with E-state index in [1.54, 1.807) is 0 Å². The Morgan fingerprint density at radius 2 is 1.96 bits per heavy atom. The summed E-state index contributed by atoms with van der Waals surface area (Å²) in [6.45, 7) is 0.717. The summed E-state index contributed by atoms with van der Waals surface area (Å²) in [4.78, 5) is 30.2. The molecule has 2 saturated heterocycles. The molecule has 2 unspecified atom stereocenters. The maximum atomic E-state index is 15.3. The molecule has 2 fully saturated rings. The Bertz CT molecular complexity index is 1710. The van der Waals surface area contributed by atoms with Crippen molar-refractivity contribution in [1.82, 2.24) is 19.9 Å². The molecule has 47 heavy (non-hydrogen) atoms. The number of alkyl halides is 3. The van der Waals surface area contributed by atoms with Gasteiger partial charge in [0.2, 0.25) is 15.9 Å². The molecule has 10 nitrogen and oxygen atoms in total. The number of sulfonamides is 1. The number of alkyl carbamates (subject to hydrolysis) is 1. The molecule has 0 spiro atoms. The van der Waals surface area contributed by atoms with Crippen LogP contribution in [0, 0.1) is 5.82 Å². The van der Waals surface area contributed by atoms with Gasteiger partial charge in [-0.2, -0.15) is 17.5 Å². The Labute approximate surface area is 277 Å². The van der Waals surface area contributed by atoms with E-state index in [0.29, 0.717) is 41.4 Å². The van der Waals surface area contributed by atoms with Gasteiger partial charge in [0.1, 0.15) is 11.9 Å². The summed E-state index contributed by atoms with van der Waals surface area (Å²) in [5.41, 5.74) is 0.313. The number of hydrogen-bond acceptors (Lipinski definition) is 8. The number of amides is 2. The van der Waals surface area contributed by atoms with Crippen molar-refractivity contribution >= 4 is 50.6 Å². The molecule has 1 aromatic heterocycles. The van der Waals surface area contributed by atoms with Crippen LogP contribution in [0.5, 0.6) is 0 Å². The lowest BCUT2D eigenvalue weighted by atomic mass is 9.88. The van der Waals surface area contributed by atoms with E-state index in [2.05, 4.69) is 20.9 Å². The Morgan fingerprint density at radius 1 is 1.21 bits per heavy atom. The first-order valence-electron chi connectivity index (χ1n) is 14.7. The molecular formula is C30H32ClF4N5O5S2. The highest BCUT2D eigenvalue weighted by Gasteiger charge is 2.40. The fourth-order valence-electron chi connectivity index (χ4n) is 5.95. The summed E-state index contributed by atoms with van der Waals surface area (Å²) in [6, 6.07) is 8.00. The number of carbonyl (C=O) groups excluding carboxylic acids is 2. The minimum absolute atomic E-state index is 0.0372. The number of anilines is 1. The predicted molar refractivity (Wildman–Crippen MR) is 168 cm³/mol. The zero-order valence-electron chi connectivity index (χ0n) is 25.0. The van der Waals surface area contributed by atoms with Crippen molar-refractivity contribution in [3.05, 3.63) is 80.5 Å². The molecule has 2 amide bonds. The van der Waals surface area contributed by atoms with Gasteiger partial charge in [0.15, 0.2) is 5.01 Å². The number of hydrogen-bond donors (Lipinski definition) is 3. The van der Waals surface area contributed by atoms with E-state index in [1.807, 2.05) is 0 Å². The molecule has 2 bridgehead atoms. The van der Waals surface area contributed by atoms with Gasteiger partial charge in [0.05, 0.1) is 24.5 Å². The summed E-state index contributed by atoms with van der Waals surface area (Å²) >= 11 is 6.38. The fraction of sp³-hybridized carbons (Fsp3) is 0.433. The number of fused-ring (bicyclic) bond motifs is 2. The van der Waals surface area contributed by atoms with Crippen LogP contribution in [0.1, 0.15) is 47.0 Å². The number of nitrogens with one attached hydrogen (secondary N) is 3. The molecule has 5 atom stereocenters. The quantitative estimate of drug-likeness (QED) is 0.261. The zero-order valence-corrected chi connectivity index (χ0v) is 27.4. The molecule has 5 rings (SSSR count). The smallest absolute Gasteiger partial charge is 0.443 e. The second kappa shape index (κ2) is 14.4. The highest BCUT2D eigenvalue weighted by Crippen LogP contribution is 2.37. The van der Waals surface area contributed by atoms with Crippen molar-refractivity contribution in [3.8, 4) is 0 Å². The van der Waals surface area contributed by atoms with Gasteiger partial charge in [0, 0.05) is 46.8 Å². The molecule has 2 aliphatic rings. The minimum Gasteiger partial charge on any atom is -0.453 e. The monoisotopic (exact) mass is 717 g/mol. The summed E-state index contributed by atoms with van der Waals surface area (Å²) in [5, 5.41) is 8.73. The van der Waals surface area contributed by atoms with Crippen LogP contribution in [0.25, 0.3) is 0 Å². The second-order valence-electron chi connectivity index (χ2n) is 11.3. The third-order valence-electron chi connectivity index (χ3n) is 8.25. The lowest BCUT2D eigenvalue weighted by Gasteiger charge is -2.37. The SMILES string of the molecule is COC(=O)N[C@H](C(=O)Nc1cccc(F)c1CCC1CN[C@@H]2CCCS(=O)(=O)N1C2)[C@@H](c1ccc(Cl)cc1)c1csc(C(F)(F)F)n1. The number of ether oxygens (including phenoxy) is 1. The first kappa shape index (κ1) is 35.0. The van der Waals surface area contributed by atoms with Crippen molar-refractivity contribution in [2.75, 3.05) is 31.3 Å². The largest absolute Gasteiger partial charge is 0.453 e. The van der Waals surface area contributed by atoms with E-state index in [9.17, 15) is 31.2 Å². The lowest BCUT2D eigenvalue weighted by molar-refractivity contribution is -0.137. The van der Waals surface area contributed by atoms with Crippen LogP contribution >= 0.6 is 22.9 Å². The van der Waals surface area contributed by atoms with Crippen molar-refractivity contribution in [3.63, 3.8) is 0 Å². The number of piperazine rings is 1. The van der Waals surface area contributed by atoms with Crippen LogP contribution in [-0.4, -0.2) is 73.8 Å². The van der Waals surface area contributed by atoms with Gasteiger partial charge in [0.25, 0.3) is 0 Å². The number of benzene rings is 2. The molecule has 3 N–H and O–H groups in total. The Balaban J connectivity index is 1.45. The van der Waals surface area contributed by atoms with Gasteiger partial charge < -0.3 is 20.7 Å². The first-order valence-corrected chi connectivity index (χ1v) is 17.6. The average molecular weight is 718 g/mol. The zero-order chi connectivity index (χ0) is 33.9. The van der Waals surface area contributed by atoms with Crippen molar-refractivity contribution in [2.45, 2.75) is 55.9 Å². The Kier molecular flexibility index (Phi) is 10.8. The summed E-state index contributed by atoms with van der Waals surface area (Å²) in [5.74, 6) is -2.74. The number of carbonyl (C=O) groups is 2. The number of nitrogens with zero attached hydrogens (tertiary/aromatic N) is 2. The minimum atomic E-state index is -4.75. The van der Waals surface area contributed by atoms with E-state index < -0.39 is 57.0 Å². The molecule has 0 radical (unpaired) electrons. The highest BCUT2D eigenvalue weighted by molar-refractivity contribution is 7.89. The molecule has 2 aromatic carbocycles. The normalized spacial score (nSPS) is 22.0. The fourth-order valence-corrected chi connectivity index (χ4v) is 8.60. The Hall–Kier alpha value is -3.31. The molecule has 3 aromatic rings. The number of thiazole rings is 1. The number of methoxy groups -OCH3 is 1. The maximum Gasteiger partial charge on any atom is 0.443 e. The highest BCUT2D eigenvalue weighted by atomic mass is 35.5. The number of aromatic nitrogens is 1. The summed E-state index contributed by atoms with van der Waals surface area (Å²) in [6.07, 6.45) is -4.21. The first-order chi connectivity index (χ1) is 22.3. The third-order valence-corrected chi connectivity index (χ3v) is 11.4. The number of rotatable bonds is 9. The number of halogens is 5. The Morgan fingerprint density at radius 3 is 2.64 bits per heavy atom.